The van der Waals surface area contributed by atoms with Crippen LogP contribution in [0.1, 0.15) is 24.8 Å². The standard InChI is InChI=1S/C13H17FN2O3/c1-8-5-12(13(16(18)19)6-10(8)14)15-11-4-2-3-9(11)7-17/h5-6,9,11,15,17H,2-4,7H2,1H3. The van der Waals surface area contributed by atoms with Gasteiger partial charge in [0.05, 0.1) is 11.0 Å². The smallest absolute Gasteiger partial charge is 0.295 e. The Balaban J connectivity index is 2.28. The first-order valence-electron chi connectivity index (χ1n) is 6.35. The molecule has 2 atom stereocenters. The van der Waals surface area contributed by atoms with Gasteiger partial charge in [0.1, 0.15) is 11.5 Å². The van der Waals surface area contributed by atoms with Gasteiger partial charge in [-0.3, -0.25) is 10.1 Å². The number of benzene rings is 1. The Hall–Kier alpha value is -1.69. The highest BCUT2D eigenvalue weighted by molar-refractivity contribution is 5.63. The van der Waals surface area contributed by atoms with E-state index in [0.717, 1.165) is 25.3 Å². The van der Waals surface area contributed by atoms with Gasteiger partial charge in [-0.05, 0) is 31.4 Å². The molecule has 1 aliphatic carbocycles. The lowest BCUT2D eigenvalue weighted by Gasteiger charge is -2.20. The minimum Gasteiger partial charge on any atom is -0.396 e. The fraction of sp³-hybridized carbons (Fsp3) is 0.538. The minimum atomic E-state index is -0.590. The van der Waals surface area contributed by atoms with Gasteiger partial charge >= 0.3 is 0 Å². The molecule has 0 aromatic heterocycles. The van der Waals surface area contributed by atoms with Crippen LogP contribution in [-0.2, 0) is 0 Å². The first-order chi connectivity index (χ1) is 9.02. The normalized spacial score (nSPS) is 22.5. The fourth-order valence-electron chi connectivity index (χ4n) is 2.58. The predicted octanol–water partition coefficient (Wildman–Crippen LogP) is 2.62. The molecule has 1 aliphatic rings. The molecule has 2 N–H and O–H groups in total. The van der Waals surface area contributed by atoms with E-state index in [-0.39, 0.29) is 24.3 Å². The molecule has 6 heteroatoms. The van der Waals surface area contributed by atoms with Gasteiger partial charge in [-0.1, -0.05) is 6.42 Å². The molecule has 104 valence electrons. The first-order valence-corrected chi connectivity index (χ1v) is 6.35. The van der Waals surface area contributed by atoms with Crippen LogP contribution in [0, 0.1) is 28.8 Å². The Morgan fingerprint density at radius 3 is 2.89 bits per heavy atom. The number of nitrogens with zero attached hydrogens (tertiary/aromatic N) is 1. The van der Waals surface area contributed by atoms with Crippen LogP contribution in [-0.4, -0.2) is 22.7 Å². The predicted molar refractivity (Wildman–Crippen MR) is 69.6 cm³/mol. The van der Waals surface area contributed by atoms with E-state index in [1.165, 1.54) is 6.07 Å². The van der Waals surface area contributed by atoms with Crippen LogP contribution in [0.25, 0.3) is 0 Å². The van der Waals surface area contributed by atoms with Crippen LogP contribution in [0.15, 0.2) is 12.1 Å². The molecular formula is C13H17FN2O3. The summed E-state index contributed by atoms with van der Waals surface area (Å²) < 4.78 is 13.4. The maximum absolute atomic E-state index is 13.4. The fourth-order valence-corrected chi connectivity index (χ4v) is 2.58. The number of aryl methyl sites for hydroxylation is 1. The third-order valence-electron chi connectivity index (χ3n) is 3.71. The number of halogens is 1. The SMILES string of the molecule is Cc1cc(NC2CCCC2CO)c([N+](=O)[O-])cc1F. The Morgan fingerprint density at radius 1 is 1.53 bits per heavy atom. The first kappa shape index (κ1) is 13.7. The van der Waals surface area contributed by atoms with Gasteiger partial charge in [-0.2, -0.15) is 0 Å². The van der Waals surface area contributed by atoms with E-state index in [4.69, 9.17) is 0 Å². The third kappa shape index (κ3) is 2.84. The van der Waals surface area contributed by atoms with Gasteiger partial charge < -0.3 is 10.4 Å². The molecule has 0 heterocycles. The highest BCUT2D eigenvalue weighted by atomic mass is 19.1. The van der Waals surface area contributed by atoms with Crippen molar-refractivity contribution >= 4 is 11.4 Å². The van der Waals surface area contributed by atoms with Crippen molar-refractivity contribution in [3.05, 3.63) is 33.6 Å². The van der Waals surface area contributed by atoms with Crippen LogP contribution >= 0.6 is 0 Å². The lowest BCUT2D eigenvalue weighted by Crippen LogP contribution is -2.26. The second kappa shape index (κ2) is 5.52. The number of rotatable bonds is 4. The molecule has 2 rings (SSSR count). The topological polar surface area (TPSA) is 75.4 Å². The second-order valence-electron chi connectivity index (χ2n) is 5.00. The molecule has 0 aliphatic heterocycles. The number of nitro benzene ring substituents is 1. The summed E-state index contributed by atoms with van der Waals surface area (Å²) in [6.07, 6.45) is 2.75. The molecule has 5 nitrogen and oxygen atoms in total. The number of aliphatic hydroxyl groups excluding tert-OH is 1. The van der Waals surface area contributed by atoms with Crippen molar-refractivity contribution in [1.29, 1.82) is 0 Å². The molecule has 0 saturated heterocycles. The van der Waals surface area contributed by atoms with Gasteiger partial charge in [-0.15, -0.1) is 0 Å². The molecule has 1 saturated carbocycles. The van der Waals surface area contributed by atoms with Crippen LogP contribution in [0.5, 0.6) is 0 Å². The maximum atomic E-state index is 13.4. The maximum Gasteiger partial charge on any atom is 0.295 e. The Morgan fingerprint density at radius 2 is 2.26 bits per heavy atom. The minimum absolute atomic E-state index is 0.00793. The van der Waals surface area contributed by atoms with E-state index in [2.05, 4.69) is 5.32 Å². The summed E-state index contributed by atoms with van der Waals surface area (Å²) in [5.41, 5.74) is 0.438. The highest BCUT2D eigenvalue weighted by Crippen LogP contribution is 2.33. The zero-order valence-corrected chi connectivity index (χ0v) is 10.7. The summed E-state index contributed by atoms with van der Waals surface area (Å²) in [7, 11) is 0. The van der Waals surface area contributed by atoms with Crippen molar-refractivity contribution in [2.45, 2.75) is 32.2 Å². The molecule has 0 spiro atoms. The summed E-state index contributed by atoms with van der Waals surface area (Å²) in [5.74, 6) is -0.479. The van der Waals surface area contributed by atoms with Crippen LogP contribution in [0.2, 0.25) is 0 Å². The van der Waals surface area contributed by atoms with Crippen molar-refractivity contribution in [3.8, 4) is 0 Å². The molecule has 1 aromatic rings. The van der Waals surface area contributed by atoms with Crippen molar-refractivity contribution in [1.82, 2.24) is 0 Å². The highest BCUT2D eigenvalue weighted by Gasteiger charge is 2.28. The Kier molecular flexibility index (Phi) is 3.99. The van der Waals surface area contributed by atoms with Crippen LogP contribution in [0.3, 0.4) is 0 Å². The Bertz CT molecular complexity index is 493. The van der Waals surface area contributed by atoms with E-state index in [1.807, 2.05) is 0 Å². The van der Waals surface area contributed by atoms with Gasteiger partial charge in [0.2, 0.25) is 0 Å². The molecule has 1 aromatic carbocycles. The molecular weight excluding hydrogens is 251 g/mol. The molecule has 2 unspecified atom stereocenters. The van der Waals surface area contributed by atoms with E-state index in [0.29, 0.717) is 11.3 Å². The molecule has 1 fully saturated rings. The van der Waals surface area contributed by atoms with Crippen molar-refractivity contribution < 1.29 is 14.4 Å². The Labute approximate surface area is 110 Å². The van der Waals surface area contributed by atoms with Crippen LogP contribution < -0.4 is 5.32 Å². The summed E-state index contributed by atoms with van der Waals surface area (Å²) in [6, 6.07) is 2.41. The number of hydrogen-bond donors (Lipinski definition) is 2. The summed E-state index contributed by atoms with van der Waals surface area (Å²) in [4.78, 5) is 10.4. The lowest BCUT2D eigenvalue weighted by atomic mass is 10.0. The van der Waals surface area contributed by atoms with E-state index in [9.17, 15) is 19.6 Å². The van der Waals surface area contributed by atoms with Gasteiger partial charge in [-0.25, -0.2) is 4.39 Å². The van der Waals surface area contributed by atoms with E-state index in [1.54, 1.807) is 6.92 Å². The lowest BCUT2D eigenvalue weighted by molar-refractivity contribution is -0.384. The zero-order chi connectivity index (χ0) is 14.0. The summed E-state index contributed by atoms with van der Waals surface area (Å²) >= 11 is 0. The molecule has 0 radical (unpaired) electrons. The summed E-state index contributed by atoms with van der Waals surface area (Å²) in [6.45, 7) is 1.63. The molecule has 0 bridgehead atoms. The van der Waals surface area contributed by atoms with Gasteiger partial charge in [0, 0.05) is 18.6 Å². The van der Waals surface area contributed by atoms with Gasteiger partial charge in [0.25, 0.3) is 5.69 Å². The largest absolute Gasteiger partial charge is 0.396 e. The van der Waals surface area contributed by atoms with Gasteiger partial charge in [0.15, 0.2) is 0 Å². The van der Waals surface area contributed by atoms with Crippen molar-refractivity contribution in [2.24, 2.45) is 5.92 Å². The van der Waals surface area contributed by atoms with E-state index < -0.39 is 10.7 Å². The number of anilines is 1. The molecule has 0 amide bonds. The number of nitrogens with one attached hydrogen (secondary N) is 1. The average Bonchev–Trinajstić information content (AvgIpc) is 2.80. The number of aliphatic hydroxyl groups is 1. The molecule has 19 heavy (non-hydrogen) atoms. The van der Waals surface area contributed by atoms with Crippen molar-refractivity contribution in [3.63, 3.8) is 0 Å². The zero-order valence-electron chi connectivity index (χ0n) is 10.7. The van der Waals surface area contributed by atoms with Crippen molar-refractivity contribution in [2.75, 3.05) is 11.9 Å². The number of hydrogen-bond acceptors (Lipinski definition) is 4. The van der Waals surface area contributed by atoms with E-state index >= 15 is 0 Å². The number of nitro groups is 1. The monoisotopic (exact) mass is 268 g/mol. The average molecular weight is 268 g/mol. The quantitative estimate of drug-likeness (QED) is 0.650. The summed E-state index contributed by atoms with van der Waals surface area (Å²) in [5, 5.41) is 23.3. The van der Waals surface area contributed by atoms with Crippen LogP contribution in [0.4, 0.5) is 15.8 Å². The second-order valence-corrected chi connectivity index (χ2v) is 5.00. The third-order valence-corrected chi connectivity index (χ3v) is 3.71.